The first-order valence-electron chi connectivity index (χ1n) is 1.19. The van der Waals surface area contributed by atoms with Gasteiger partial charge in [-0.2, -0.15) is 0 Å². The molecule has 0 aliphatic rings. The monoisotopic (exact) mass is 197 g/mol. The molecular formula is C2H5NO4Zr. The van der Waals surface area contributed by atoms with E-state index in [9.17, 15) is 4.79 Å². The van der Waals surface area contributed by atoms with Crippen LogP contribution in [0.5, 0.6) is 0 Å². The van der Waals surface area contributed by atoms with Crippen LogP contribution in [0.1, 0.15) is 0 Å². The summed E-state index contributed by atoms with van der Waals surface area (Å²) in [6.45, 7) is -0.278. The van der Waals surface area contributed by atoms with Crippen molar-refractivity contribution < 1.29 is 47.1 Å². The van der Waals surface area contributed by atoms with Gasteiger partial charge in [-0.3, -0.25) is 4.79 Å². The number of rotatable bonds is 1. The predicted octanol–water partition coefficient (Wildman–Crippen LogP) is -1.21. The summed E-state index contributed by atoms with van der Waals surface area (Å²) in [5.74, 6) is -0.968. The topological polar surface area (TPSA) is 120 Å². The molecule has 0 saturated carbocycles. The summed E-state index contributed by atoms with van der Waals surface area (Å²) in [6.07, 6.45) is 0. The minimum absolute atomic E-state index is 0. The average Bonchev–Trinajstić information content (AvgIpc) is 1.38. The van der Waals surface area contributed by atoms with Crippen molar-refractivity contribution in [3.63, 3.8) is 0 Å². The number of aliphatic carboxylic acids is 1. The summed E-state index contributed by atoms with van der Waals surface area (Å²) in [7, 11) is 0. The molecule has 5 nitrogen and oxygen atoms in total. The fraction of sp³-hybridized carbons (Fsp3) is 0.500. The zero-order chi connectivity index (χ0) is 4.28. The molecule has 0 rings (SSSR count). The van der Waals surface area contributed by atoms with E-state index in [0.29, 0.717) is 0 Å². The molecule has 0 aromatic rings. The maximum absolute atomic E-state index is 9.24. The molecule has 3 N–H and O–H groups in total. The first kappa shape index (κ1) is 24.0. The SMILES string of the molecule is NCC(=O)O.[O-2].[O-2].[Zr+4]. The van der Waals surface area contributed by atoms with Gasteiger partial charge in [-0.15, -0.1) is 0 Å². The number of hydrogen-bond acceptors (Lipinski definition) is 2. The summed E-state index contributed by atoms with van der Waals surface area (Å²) in [5.41, 5.74) is 4.57. The van der Waals surface area contributed by atoms with Crippen molar-refractivity contribution in [2.75, 3.05) is 6.54 Å². The van der Waals surface area contributed by atoms with Crippen LogP contribution in [0.4, 0.5) is 0 Å². The van der Waals surface area contributed by atoms with Gasteiger partial charge in [0.15, 0.2) is 0 Å². The molecule has 8 heavy (non-hydrogen) atoms. The molecular weight excluding hydrogens is 193 g/mol. The Labute approximate surface area is 65.6 Å². The van der Waals surface area contributed by atoms with Gasteiger partial charge in [0.1, 0.15) is 0 Å². The second kappa shape index (κ2) is 15.7. The maximum atomic E-state index is 9.24. The third-order valence-corrected chi connectivity index (χ3v) is 0.175. The van der Waals surface area contributed by atoms with Crippen molar-refractivity contribution >= 4 is 5.97 Å². The van der Waals surface area contributed by atoms with Crippen LogP contribution in [0.15, 0.2) is 0 Å². The molecule has 0 amide bonds. The van der Waals surface area contributed by atoms with Crippen LogP contribution < -0.4 is 5.73 Å². The van der Waals surface area contributed by atoms with Gasteiger partial charge >= 0.3 is 32.2 Å². The summed E-state index contributed by atoms with van der Waals surface area (Å²) < 4.78 is 0. The van der Waals surface area contributed by atoms with Gasteiger partial charge < -0.3 is 21.8 Å². The average molecular weight is 198 g/mol. The van der Waals surface area contributed by atoms with Gasteiger partial charge in [-0.1, -0.05) is 0 Å². The van der Waals surface area contributed by atoms with E-state index in [4.69, 9.17) is 5.11 Å². The maximum Gasteiger partial charge on any atom is 4.00 e. The Morgan fingerprint density at radius 2 is 1.62 bits per heavy atom. The molecule has 0 atom stereocenters. The molecule has 0 radical (unpaired) electrons. The van der Waals surface area contributed by atoms with E-state index in [0.717, 1.165) is 0 Å². The van der Waals surface area contributed by atoms with E-state index >= 15 is 0 Å². The molecule has 0 aliphatic carbocycles. The standard InChI is InChI=1S/C2H5NO2.2O.Zr/c3-1-2(4)5;;;/h1,3H2,(H,4,5);;;/q;2*-2;+4. The van der Waals surface area contributed by atoms with Gasteiger partial charge in [0.2, 0.25) is 0 Å². The Bertz CT molecular complexity index is 49.3. The first-order valence-corrected chi connectivity index (χ1v) is 1.19. The summed E-state index contributed by atoms with van der Waals surface area (Å²) in [5, 5.41) is 7.60. The molecule has 0 aromatic carbocycles. The molecule has 0 bridgehead atoms. The van der Waals surface area contributed by atoms with Crippen molar-refractivity contribution in [3.8, 4) is 0 Å². The molecule has 0 aromatic heterocycles. The van der Waals surface area contributed by atoms with Crippen LogP contribution in [0.3, 0.4) is 0 Å². The smallest absolute Gasteiger partial charge is 2.00 e. The second-order valence-electron chi connectivity index (χ2n) is 0.598. The number of hydrogen-bond donors (Lipinski definition) is 2. The zero-order valence-corrected chi connectivity index (χ0v) is 6.41. The fourth-order valence-corrected chi connectivity index (χ4v) is 0. The third-order valence-electron chi connectivity index (χ3n) is 0.175. The van der Waals surface area contributed by atoms with Crippen LogP contribution in [-0.2, 0) is 42.0 Å². The van der Waals surface area contributed by atoms with E-state index in [2.05, 4.69) is 5.73 Å². The van der Waals surface area contributed by atoms with E-state index in [1.807, 2.05) is 0 Å². The number of carboxylic acids is 1. The Morgan fingerprint density at radius 3 is 1.62 bits per heavy atom. The minimum Gasteiger partial charge on any atom is -2.00 e. The van der Waals surface area contributed by atoms with Gasteiger partial charge in [0.25, 0.3) is 0 Å². The van der Waals surface area contributed by atoms with Gasteiger partial charge in [-0.25, -0.2) is 0 Å². The number of carbonyl (C=O) groups is 1. The van der Waals surface area contributed by atoms with Crippen LogP contribution >= 0.6 is 0 Å². The zero-order valence-electron chi connectivity index (χ0n) is 3.96. The Balaban J connectivity index is -0.0000000267. The van der Waals surface area contributed by atoms with Gasteiger partial charge in [0, 0.05) is 0 Å². The summed E-state index contributed by atoms with van der Waals surface area (Å²) in [4.78, 5) is 9.24. The summed E-state index contributed by atoms with van der Waals surface area (Å²) >= 11 is 0. The second-order valence-corrected chi connectivity index (χ2v) is 0.598. The van der Waals surface area contributed by atoms with E-state index < -0.39 is 5.97 Å². The first-order chi connectivity index (χ1) is 2.27. The molecule has 46 valence electrons. The largest absolute Gasteiger partial charge is 4.00 e. The van der Waals surface area contributed by atoms with E-state index in [1.54, 1.807) is 0 Å². The van der Waals surface area contributed by atoms with Gasteiger partial charge in [0.05, 0.1) is 6.54 Å². The molecule has 0 aliphatic heterocycles. The molecule has 0 heterocycles. The number of nitrogens with two attached hydrogens (primary N) is 1. The van der Waals surface area contributed by atoms with E-state index in [1.165, 1.54) is 0 Å². The molecule has 0 saturated heterocycles. The molecule has 0 fully saturated rings. The molecule has 0 spiro atoms. The van der Waals surface area contributed by atoms with Crippen molar-refractivity contribution in [1.29, 1.82) is 0 Å². The third kappa shape index (κ3) is 34.2. The minimum atomic E-state index is -0.968. The quantitative estimate of drug-likeness (QED) is 0.549. The molecule has 0 unspecified atom stereocenters. The van der Waals surface area contributed by atoms with Crippen LogP contribution in [0.2, 0.25) is 0 Å². The fourth-order valence-electron chi connectivity index (χ4n) is 0. The predicted molar refractivity (Wildman–Crippen MR) is 18.1 cm³/mol. The Kier molecular flexibility index (Phi) is 47.1. The van der Waals surface area contributed by atoms with Gasteiger partial charge in [-0.05, 0) is 0 Å². The Hall–Kier alpha value is 0.233. The normalized spacial score (nSPS) is 4.62. The molecule has 6 heteroatoms. The van der Waals surface area contributed by atoms with Crippen molar-refractivity contribution in [2.24, 2.45) is 5.73 Å². The number of carboxylic acid groups (broad SMARTS) is 1. The van der Waals surface area contributed by atoms with Crippen molar-refractivity contribution in [2.45, 2.75) is 0 Å². The van der Waals surface area contributed by atoms with Crippen LogP contribution in [-0.4, -0.2) is 17.6 Å². The summed E-state index contributed by atoms with van der Waals surface area (Å²) in [6, 6.07) is 0. The Morgan fingerprint density at radius 1 is 1.50 bits per heavy atom. The van der Waals surface area contributed by atoms with Crippen LogP contribution in [0.25, 0.3) is 0 Å². The van der Waals surface area contributed by atoms with Crippen molar-refractivity contribution in [3.05, 3.63) is 0 Å². The van der Waals surface area contributed by atoms with E-state index in [-0.39, 0.29) is 43.7 Å². The van der Waals surface area contributed by atoms with Crippen molar-refractivity contribution in [1.82, 2.24) is 0 Å². The van der Waals surface area contributed by atoms with Crippen LogP contribution in [0, 0.1) is 0 Å².